The quantitative estimate of drug-likeness (QED) is 0.892. The first-order valence-electron chi connectivity index (χ1n) is 6.53. The van der Waals surface area contributed by atoms with Crippen molar-refractivity contribution in [2.45, 2.75) is 33.3 Å². The summed E-state index contributed by atoms with van der Waals surface area (Å²) in [6, 6.07) is 7.60. The molecule has 2 aromatic rings. The molecule has 0 aliphatic rings. The molecule has 0 spiro atoms. The third-order valence-corrected chi connectivity index (χ3v) is 2.93. The summed E-state index contributed by atoms with van der Waals surface area (Å²) < 4.78 is 5.57. The van der Waals surface area contributed by atoms with E-state index in [0.29, 0.717) is 17.7 Å². The highest BCUT2D eigenvalue weighted by Gasteiger charge is 2.07. The molecule has 2 rings (SSSR count). The monoisotopic (exact) mass is 274 g/mol. The Bertz CT molecular complexity index is 696. The standard InChI is InChI=1S/C15H18N2O3/c1-9(2)20-12-6-4-11(5-7-12)8-13-10(3)16-15(19)17-14(13)18/h4-7,9H,8H2,1-3H3,(H2,16,17,18,19). The Kier molecular flexibility index (Phi) is 4.08. The van der Waals surface area contributed by atoms with Crippen LogP contribution in [-0.4, -0.2) is 16.1 Å². The number of hydrogen-bond acceptors (Lipinski definition) is 3. The number of aryl methyl sites for hydroxylation is 1. The zero-order chi connectivity index (χ0) is 14.7. The van der Waals surface area contributed by atoms with Crippen molar-refractivity contribution in [1.29, 1.82) is 0 Å². The lowest BCUT2D eigenvalue weighted by atomic mass is 10.1. The predicted molar refractivity (Wildman–Crippen MR) is 77.4 cm³/mol. The van der Waals surface area contributed by atoms with Gasteiger partial charge in [0, 0.05) is 17.7 Å². The number of hydrogen-bond donors (Lipinski definition) is 2. The van der Waals surface area contributed by atoms with Gasteiger partial charge in [0.05, 0.1) is 6.10 Å². The van der Waals surface area contributed by atoms with Crippen LogP contribution < -0.4 is 16.0 Å². The molecule has 0 unspecified atom stereocenters. The highest BCUT2D eigenvalue weighted by atomic mass is 16.5. The van der Waals surface area contributed by atoms with Gasteiger partial charge < -0.3 is 9.72 Å². The van der Waals surface area contributed by atoms with Gasteiger partial charge in [-0.25, -0.2) is 4.79 Å². The third-order valence-electron chi connectivity index (χ3n) is 2.93. The first kappa shape index (κ1) is 14.1. The minimum Gasteiger partial charge on any atom is -0.491 e. The molecule has 0 fully saturated rings. The normalized spacial score (nSPS) is 10.8. The molecule has 0 saturated heterocycles. The molecule has 5 heteroatoms. The number of benzene rings is 1. The lowest BCUT2D eigenvalue weighted by molar-refractivity contribution is 0.242. The van der Waals surface area contributed by atoms with Crippen molar-refractivity contribution < 1.29 is 4.74 Å². The number of aromatic amines is 2. The third kappa shape index (κ3) is 3.38. The van der Waals surface area contributed by atoms with E-state index in [9.17, 15) is 9.59 Å². The molecule has 0 saturated carbocycles. The van der Waals surface area contributed by atoms with Crippen LogP contribution in [0.1, 0.15) is 30.7 Å². The van der Waals surface area contributed by atoms with Crippen molar-refractivity contribution >= 4 is 0 Å². The van der Waals surface area contributed by atoms with Crippen molar-refractivity contribution in [1.82, 2.24) is 9.97 Å². The van der Waals surface area contributed by atoms with Crippen molar-refractivity contribution in [3.05, 3.63) is 61.9 Å². The lowest BCUT2D eigenvalue weighted by Crippen LogP contribution is -2.27. The second-order valence-corrected chi connectivity index (χ2v) is 5.00. The molecule has 5 nitrogen and oxygen atoms in total. The minimum absolute atomic E-state index is 0.130. The first-order valence-corrected chi connectivity index (χ1v) is 6.53. The van der Waals surface area contributed by atoms with Crippen LogP contribution in [0.4, 0.5) is 0 Å². The molecule has 20 heavy (non-hydrogen) atoms. The molecule has 1 aromatic heterocycles. The van der Waals surface area contributed by atoms with Gasteiger partial charge in [-0.15, -0.1) is 0 Å². The zero-order valence-electron chi connectivity index (χ0n) is 11.8. The van der Waals surface area contributed by atoms with Gasteiger partial charge in [0.2, 0.25) is 0 Å². The molecule has 0 aliphatic carbocycles. The summed E-state index contributed by atoms with van der Waals surface area (Å²) in [4.78, 5) is 27.8. The number of H-pyrrole nitrogens is 2. The van der Waals surface area contributed by atoms with E-state index in [1.54, 1.807) is 6.92 Å². The Morgan fingerprint density at radius 2 is 1.75 bits per heavy atom. The molecule has 0 bridgehead atoms. The maximum Gasteiger partial charge on any atom is 0.325 e. The maximum atomic E-state index is 11.8. The number of aromatic nitrogens is 2. The molecule has 0 aliphatic heterocycles. The average Bonchev–Trinajstić information content (AvgIpc) is 2.35. The summed E-state index contributed by atoms with van der Waals surface area (Å²) in [5, 5.41) is 0. The van der Waals surface area contributed by atoms with Gasteiger partial charge in [0.1, 0.15) is 5.75 Å². The summed E-state index contributed by atoms with van der Waals surface area (Å²) in [7, 11) is 0. The van der Waals surface area contributed by atoms with Gasteiger partial charge in [-0.05, 0) is 38.5 Å². The van der Waals surface area contributed by atoms with Crippen molar-refractivity contribution in [2.24, 2.45) is 0 Å². The molecule has 1 aromatic carbocycles. The largest absolute Gasteiger partial charge is 0.491 e. The van der Waals surface area contributed by atoms with Gasteiger partial charge >= 0.3 is 5.69 Å². The fraction of sp³-hybridized carbons (Fsp3) is 0.333. The second kappa shape index (κ2) is 5.77. The average molecular weight is 274 g/mol. The van der Waals surface area contributed by atoms with Crippen LogP contribution in [0.3, 0.4) is 0 Å². The molecule has 106 valence electrons. The lowest BCUT2D eigenvalue weighted by Gasteiger charge is -2.10. The predicted octanol–water partition coefficient (Wildman–Crippen LogP) is 1.75. The van der Waals surface area contributed by atoms with Crippen LogP contribution >= 0.6 is 0 Å². The van der Waals surface area contributed by atoms with Crippen LogP contribution in [0, 0.1) is 6.92 Å². The molecular weight excluding hydrogens is 256 g/mol. The molecule has 0 atom stereocenters. The van der Waals surface area contributed by atoms with Crippen LogP contribution in [0.25, 0.3) is 0 Å². The topological polar surface area (TPSA) is 75.0 Å². The van der Waals surface area contributed by atoms with E-state index in [0.717, 1.165) is 11.3 Å². The minimum atomic E-state index is -0.475. The molecular formula is C15H18N2O3. The zero-order valence-corrected chi connectivity index (χ0v) is 11.8. The number of rotatable bonds is 4. The van der Waals surface area contributed by atoms with Crippen LogP contribution in [0.15, 0.2) is 33.9 Å². The van der Waals surface area contributed by atoms with Crippen molar-refractivity contribution in [3.8, 4) is 5.75 Å². The number of ether oxygens (including phenoxy) is 1. The summed E-state index contributed by atoms with van der Waals surface area (Å²) in [6.07, 6.45) is 0.602. The van der Waals surface area contributed by atoms with Gasteiger partial charge in [-0.1, -0.05) is 12.1 Å². The van der Waals surface area contributed by atoms with E-state index in [-0.39, 0.29) is 11.7 Å². The second-order valence-electron chi connectivity index (χ2n) is 5.00. The Balaban J connectivity index is 2.23. The molecule has 0 amide bonds. The van der Waals surface area contributed by atoms with Crippen molar-refractivity contribution in [3.63, 3.8) is 0 Å². The summed E-state index contributed by atoms with van der Waals surface area (Å²) in [5.41, 5.74) is 1.34. The van der Waals surface area contributed by atoms with Gasteiger partial charge in [-0.3, -0.25) is 9.78 Å². The van der Waals surface area contributed by atoms with Crippen LogP contribution in [0.2, 0.25) is 0 Å². The van der Waals surface area contributed by atoms with E-state index in [1.807, 2.05) is 38.1 Å². The summed E-state index contributed by atoms with van der Waals surface area (Å²) in [5.74, 6) is 0.802. The van der Waals surface area contributed by atoms with Gasteiger partial charge in [-0.2, -0.15) is 0 Å². The summed E-state index contributed by atoms with van der Waals surface area (Å²) >= 11 is 0. The highest BCUT2D eigenvalue weighted by molar-refractivity contribution is 5.31. The maximum absolute atomic E-state index is 11.8. The van der Waals surface area contributed by atoms with Gasteiger partial charge in [0.15, 0.2) is 0 Å². The van der Waals surface area contributed by atoms with E-state index < -0.39 is 5.69 Å². The fourth-order valence-electron chi connectivity index (χ4n) is 2.00. The van der Waals surface area contributed by atoms with Gasteiger partial charge in [0.25, 0.3) is 5.56 Å². The highest BCUT2D eigenvalue weighted by Crippen LogP contribution is 2.15. The first-order chi connectivity index (χ1) is 9.45. The Labute approximate surface area is 116 Å². The van der Waals surface area contributed by atoms with E-state index in [4.69, 9.17) is 4.74 Å². The van der Waals surface area contributed by atoms with E-state index >= 15 is 0 Å². The van der Waals surface area contributed by atoms with Crippen LogP contribution in [0.5, 0.6) is 5.75 Å². The Morgan fingerprint density at radius 3 is 2.30 bits per heavy atom. The SMILES string of the molecule is Cc1[nH]c(=O)[nH]c(=O)c1Cc1ccc(OC(C)C)cc1. The van der Waals surface area contributed by atoms with Crippen molar-refractivity contribution in [2.75, 3.05) is 0 Å². The Hall–Kier alpha value is -2.30. The summed E-state index contributed by atoms with van der Waals surface area (Å²) in [6.45, 7) is 5.66. The van der Waals surface area contributed by atoms with Crippen LogP contribution in [-0.2, 0) is 6.42 Å². The molecule has 0 radical (unpaired) electrons. The van der Waals surface area contributed by atoms with E-state index in [2.05, 4.69) is 9.97 Å². The smallest absolute Gasteiger partial charge is 0.325 e. The molecule has 2 N–H and O–H groups in total. The molecule has 1 heterocycles. The Morgan fingerprint density at radius 1 is 1.10 bits per heavy atom. The van der Waals surface area contributed by atoms with E-state index in [1.165, 1.54) is 0 Å². The fourth-order valence-corrected chi connectivity index (χ4v) is 2.00. The number of nitrogens with one attached hydrogen (secondary N) is 2.